The van der Waals surface area contributed by atoms with E-state index < -0.39 is 0 Å². The average molecular weight is 153 g/mol. The molecule has 0 amide bonds. The van der Waals surface area contributed by atoms with Crippen LogP contribution in [0.15, 0.2) is 6.33 Å². The van der Waals surface area contributed by atoms with Crippen molar-refractivity contribution in [1.82, 2.24) is 14.8 Å². The third-order valence-corrected chi connectivity index (χ3v) is 1.61. The van der Waals surface area contributed by atoms with Gasteiger partial charge in [0.1, 0.15) is 18.2 Å². The summed E-state index contributed by atoms with van der Waals surface area (Å²) >= 11 is 0. The fourth-order valence-corrected chi connectivity index (χ4v) is 0.734. The summed E-state index contributed by atoms with van der Waals surface area (Å²) in [5.74, 6) is 0.785. The van der Waals surface area contributed by atoms with Gasteiger partial charge in [-0.2, -0.15) is 5.10 Å². The molecule has 1 heterocycles. The molecule has 0 N–H and O–H groups in total. The molecule has 1 aromatic rings. The van der Waals surface area contributed by atoms with Crippen molar-refractivity contribution in [2.75, 3.05) is 0 Å². The van der Waals surface area contributed by atoms with Gasteiger partial charge in [-0.25, -0.2) is 9.67 Å². The van der Waals surface area contributed by atoms with Crippen LogP contribution in [-0.2, 0) is 4.79 Å². The molecule has 0 radical (unpaired) electrons. The zero-order chi connectivity index (χ0) is 8.43. The largest absolute Gasteiger partial charge is 0.298 e. The van der Waals surface area contributed by atoms with E-state index in [-0.39, 0.29) is 11.8 Å². The van der Waals surface area contributed by atoms with E-state index >= 15 is 0 Å². The SMILES string of the molecule is CC(=O)[C@H](C)n1cnc(C)n1. The molecular formula is C7H11N3O. The van der Waals surface area contributed by atoms with E-state index in [4.69, 9.17) is 0 Å². The third kappa shape index (κ3) is 1.63. The van der Waals surface area contributed by atoms with Crippen molar-refractivity contribution in [3.63, 3.8) is 0 Å². The first-order valence-electron chi connectivity index (χ1n) is 3.49. The van der Waals surface area contributed by atoms with Crippen LogP contribution >= 0.6 is 0 Å². The molecule has 0 aliphatic rings. The van der Waals surface area contributed by atoms with Gasteiger partial charge >= 0.3 is 0 Å². The first-order chi connectivity index (χ1) is 5.11. The molecule has 1 aromatic heterocycles. The molecule has 0 aliphatic carbocycles. The van der Waals surface area contributed by atoms with Gasteiger partial charge in [0, 0.05) is 0 Å². The maximum atomic E-state index is 10.9. The number of ketones is 1. The molecule has 4 nitrogen and oxygen atoms in total. The van der Waals surface area contributed by atoms with Crippen molar-refractivity contribution in [3.8, 4) is 0 Å². The molecule has 0 saturated carbocycles. The van der Waals surface area contributed by atoms with Crippen LogP contribution in [0.4, 0.5) is 0 Å². The molecule has 1 atom stereocenters. The molecule has 1 rings (SSSR count). The van der Waals surface area contributed by atoms with Crippen LogP contribution in [0.5, 0.6) is 0 Å². The van der Waals surface area contributed by atoms with Crippen molar-refractivity contribution in [2.45, 2.75) is 26.8 Å². The number of Topliss-reactive ketones (excluding diaryl/α,β-unsaturated/α-hetero) is 1. The number of carbonyl (C=O) groups excluding carboxylic acids is 1. The lowest BCUT2D eigenvalue weighted by Crippen LogP contribution is -2.13. The van der Waals surface area contributed by atoms with E-state index in [1.807, 2.05) is 0 Å². The predicted molar refractivity (Wildman–Crippen MR) is 40.2 cm³/mol. The fourth-order valence-electron chi connectivity index (χ4n) is 0.734. The zero-order valence-electron chi connectivity index (χ0n) is 6.90. The first kappa shape index (κ1) is 7.91. The highest BCUT2D eigenvalue weighted by Crippen LogP contribution is 2.03. The minimum absolute atomic E-state index is 0.0925. The number of hydrogen-bond donors (Lipinski definition) is 0. The van der Waals surface area contributed by atoms with E-state index in [0.29, 0.717) is 5.82 Å². The number of aryl methyl sites for hydroxylation is 1. The molecule has 0 aromatic carbocycles. The highest BCUT2D eigenvalue weighted by molar-refractivity contribution is 5.79. The zero-order valence-corrected chi connectivity index (χ0v) is 6.90. The lowest BCUT2D eigenvalue weighted by molar-refractivity contribution is -0.119. The topological polar surface area (TPSA) is 47.8 Å². The number of aromatic nitrogens is 3. The Balaban J connectivity index is 2.84. The van der Waals surface area contributed by atoms with Gasteiger partial charge in [0.15, 0.2) is 5.78 Å². The average Bonchev–Trinajstić information content (AvgIpc) is 2.34. The minimum atomic E-state index is -0.198. The van der Waals surface area contributed by atoms with Crippen LogP contribution in [0.25, 0.3) is 0 Å². The van der Waals surface area contributed by atoms with E-state index in [1.54, 1.807) is 31.8 Å². The molecule has 11 heavy (non-hydrogen) atoms. The predicted octanol–water partition coefficient (Wildman–Crippen LogP) is 0.737. The third-order valence-electron chi connectivity index (χ3n) is 1.61. The Morgan fingerprint density at radius 2 is 2.36 bits per heavy atom. The molecule has 60 valence electrons. The van der Waals surface area contributed by atoms with Crippen LogP contribution in [0.1, 0.15) is 25.7 Å². The molecule has 0 aliphatic heterocycles. The lowest BCUT2D eigenvalue weighted by Gasteiger charge is -2.05. The first-order valence-corrected chi connectivity index (χ1v) is 3.49. The van der Waals surface area contributed by atoms with Gasteiger partial charge in [-0.15, -0.1) is 0 Å². The molecule has 0 unspecified atom stereocenters. The van der Waals surface area contributed by atoms with Crippen molar-refractivity contribution < 1.29 is 4.79 Å². The van der Waals surface area contributed by atoms with Crippen LogP contribution in [-0.4, -0.2) is 20.5 Å². The molecule has 0 saturated heterocycles. The molecule has 0 spiro atoms. The maximum absolute atomic E-state index is 10.9. The fraction of sp³-hybridized carbons (Fsp3) is 0.571. The van der Waals surface area contributed by atoms with Crippen LogP contribution in [0.2, 0.25) is 0 Å². The molecule has 0 fully saturated rings. The smallest absolute Gasteiger partial charge is 0.154 e. The quantitative estimate of drug-likeness (QED) is 0.629. The number of nitrogens with zero attached hydrogens (tertiary/aromatic N) is 3. The van der Waals surface area contributed by atoms with E-state index in [0.717, 1.165) is 0 Å². The van der Waals surface area contributed by atoms with Gasteiger partial charge in [0.2, 0.25) is 0 Å². The van der Waals surface area contributed by atoms with E-state index in [2.05, 4.69) is 10.1 Å². The van der Waals surface area contributed by atoms with E-state index in [1.165, 1.54) is 0 Å². The highest BCUT2D eigenvalue weighted by atomic mass is 16.1. The van der Waals surface area contributed by atoms with Crippen LogP contribution in [0.3, 0.4) is 0 Å². The number of rotatable bonds is 2. The van der Waals surface area contributed by atoms with Gasteiger partial charge in [-0.1, -0.05) is 0 Å². The van der Waals surface area contributed by atoms with Gasteiger partial charge < -0.3 is 0 Å². The molecule has 4 heteroatoms. The Morgan fingerprint density at radius 1 is 1.73 bits per heavy atom. The van der Waals surface area contributed by atoms with Crippen molar-refractivity contribution in [1.29, 1.82) is 0 Å². The van der Waals surface area contributed by atoms with Crippen molar-refractivity contribution >= 4 is 5.78 Å². The standard InChI is InChI=1S/C7H11N3O/c1-5(6(2)11)10-4-8-7(3)9-10/h4-5H,1-3H3/t5-/m0/s1. The van der Waals surface area contributed by atoms with E-state index in [9.17, 15) is 4.79 Å². The van der Waals surface area contributed by atoms with Gasteiger partial charge in [0.05, 0.1) is 0 Å². The summed E-state index contributed by atoms with van der Waals surface area (Å²) in [6.45, 7) is 5.14. The number of hydrogen-bond acceptors (Lipinski definition) is 3. The monoisotopic (exact) mass is 153 g/mol. The van der Waals surface area contributed by atoms with Gasteiger partial charge in [-0.05, 0) is 20.8 Å². The summed E-state index contributed by atoms with van der Waals surface area (Å²) in [6, 6.07) is -0.198. The summed E-state index contributed by atoms with van der Waals surface area (Å²) in [4.78, 5) is 14.8. The molecular weight excluding hydrogens is 142 g/mol. The molecule has 0 bridgehead atoms. The minimum Gasteiger partial charge on any atom is -0.298 e. The van der Waals surface area contributed by atoms with Crippen LogP contribution in [0, 0.1) is 6.92 Å². The Labute approximate surface area is 65.2 Å². The Morgan fingerprint density at radius 3 is 2.73 bits per heavy atom. The lowest BCUT2D eigenvalue weighted by atomic mass is 10.2. The van der Waals surface area contributed by atoms with Gasteiger partial charge in [0.25, 0.3) is 0 Å². The highest BCUT2D eigenvalue weighted by Gasteiger charge is 2.10. The van der Waals surface area contributed by atoms with Crippen molar-refractivity contribution in [2.24, 2.45) is 0 Å². The summed E-state index contributed by atoms with van der Waals surface area (Å²) in [5.41, 5.74) is 0. The summed E-state index contributed by atoms with van der Waals surface area (Å²) in [7, 11) is 0. The second-order valence-corrected chi connectivity index (χ2v) is 2.56. The second kappa shape index (κ2) is 2.82. The van der Waals surface area contributed by atoms with Crippen molar-refractivity contribution in [3.05, 3.63) is 12.2 Å². The normalized spacial score (nSPS) is 13.0. The van der Waals surface area contributed by atoms with Gasteiger partial charge in [-0.3, -0.25) is 4.79 Å². The summed E-state index contributed by atoms with van der Waals surface area (Å²) in [6.07, 6.45) is 1.57. The Bertz CT molecular complexity index is 266. The Kier molecular flexibility index (Phi) is 2.03. The van der Waals surface area contributed by atoms with Crippen LogP contribution < -0.4 is 0 Å². The maximum Gasteiger partial charge on any atom is 0.154 e. The summed E-state index contributed by atoms with van der Waals surface area (Å²) in [5, 5.41) is 4.02. The Hall–Kier alpha value is -1.19. The second-order valence-electron chi connectivity index (χ2n) is 2.56. The summed E-state index contributed by atoms with van der Waals surface area (Å²) < 4.78 is 1.57. The number of carbonyl (C=O) groups is 1.